The number of oxime groups is 1. The van der Waals surface area contributed by atoms with Gasteiger partial charge in [-0.15, -0.1) is 0 Å². The number of carbonyl (C=O) groups excluding carboxylic acids is 1. The van der Waals surface area contributed by atoms with E-state index < -0.39 is 6.10 Å². The summed E-state index contributed by atoms with van der Waals surface area (Å²) in [6.45, 7) is 4.53. The number of likely N-dealkylation sites (N-methyl/N-ethyl adjacent to an activating group) is 1. The van der Waals surface area contributed by atoms with Crippen molar-refractivity contribution >= 4 is 11.6 Å². The highest BCUT2D eigenvalue weighted by Crippen LogP contribution is 2.40. The third-order valence-corrected chi connectivity index (χ3v) is 3.97. The summed E-state index contributed by atoms with van der Waals surface area (Å²) in [4.78, 5) is 19.2. The van der Waals surface area contributed by atoms with Crippen molar-refractivity contribution in [1.82, 2.24) is 10.1 Å². The Balaban J connectivity index is 1.55. The molecule has 21 heavy (non-hydrogen) atoms. The highest BCUT2D eigenvalue weighted by Gasteiger charge is 2.32. The third-order valence-electron chi connectivity index (χ3n) is 3.97. The van der Waals surface area contributed by atoms with Crippen LogP contribution in [0.1, 0.15) is 50.5 Å². The predicted molar refractivity (Wildman–Crippen MR) is 76.7 cm³/mol. The Morgan fingerprint density at radius 1 is 1.48 bits per heavy atom. The number of aromatic nitrogens is 1. The van der Waals surface area contributed by atoms with Crippen LogP contribution < -0.4 is 0 Å². The number of nitrogens with zero attached hydrogens (tertiary/aromatic N) is 3. The average Bonchev–Trinajstić information content (AvgIpc) is 3.01. The summed E-state index contributed by atoms with van der Waals surface area (Å²) < 4.78 is 5.30. The van der Waals surface area contributed by atoms with E-state index in [1.165, 1.54) is 12.8 Å². The summed E-state index contributed by atoms with van der Waals surface area (Å²) in [6.07, 6.45) is 2.43. The molecule has 0 N–H and O–H groups in total. The van der Waals surface area contributed by atoms with Crippen LogP contribution in [0.2, 0.25) is 0 Å². The molecule has 1 aliphatic heterocycles. The van der Waals surface area contributed by atoms with Crippen molar-refractivity contribution in [2.75, 3.05) is 7.05 Å². The Morgan fingerprint density at radius 2 is 2.24 bits per heavy atom. The zero-order valence-electron chi connectivity index (χ0n) is 12.7. The SMILES string of the molecule is CC(C)C1=NO[C@@H](C(=O)N(C)Cc2cc(C3CC3)on2)C1. The molecule has 0 aromatic carbocycles. The van der Waals surface area contributed by atoms with E-state index in [1.807, 2.05) is 19.9 Å². The summed E-state index contributed by atoms with van der Waals surface area (Å²) in [5.74, 6) is 1.72. The molecule has 1 aromatic heterocycles. The van der Waals surface area contributed by atoms with Crippen molar-refractivity contribution in [3.63, 3.8) is 0 Å². The highest BCUT2D eigenvalue weighted by molar-refractivity contribution is 5.93. The van der Waals surface area contributed by atoms with E-state index in [4.69, 9.17) is 9.36 Å². The van der Waals surface area contributed by atoms with Crippen molar-refractivity contribution in [2.45, 2.75) is 51.7 Å². The summed E-state index contributed by atoms with van der Waals surface area (Å²) >= 11 is 0. The van der Waals surface area contributed by atoms with Crippen LogP contribution in [0, 0.1) is 5.92 Å². The second-order valence-electron chi connectivity index (χ2n) is 6.22. The van der Waals surface area contributed by atoms with Gasteiger partial charge in [0.1, 0.15) is 11.5 Å². The van der Waals surface area contributed by atoms with Crippen LogP contribution in [0.3, 0.4) is 0 Å². The normalized spacial score (nSPS) is 21.3. The second-order valence-corrected chi connectivity index (χ2v) is 6.22. The maximum atomic E-state index is 12.3. The van der Waals surface area contributed by atoms with E-state index in [9.17, 15) is 4.79 Å². The number of carbonyl (C=O) groups is 1. The van der Waals surface area contributed by atoms with Crippen molar-refractivity contribution in [3.8, 4) is 0 Å². The van der Waals surface area contributed by atoms with Gasteiger partial charge in [-0.05, 0) is 18.8 Å². The molecule has 3 rings (SSSR count). The number of hydrogen-bond donors (Lipinski definition) is 0. The Hall–Kier alpha value is -1.85. The molecule has 1 fully saturated rings. The van der Waals surface area contributed by atoms with Gasteiger partial charge < -0.3 is 14.3 Å². The minimum absolute atomic E-state index is 0.0645. The van der Waals surface area contributed by atoms with Gasteiger partial charge in [0.05, 0.1) is 12.3 Å². The zero-order chi connectivity index (χ0) is 15.0. The Morgan fingerprint density at radius 3 is 2.86 bits per heavy atom. The minimum Gasteiger partial charge on any atom is -0.382 e. The summed E-state index contributed by atoms with van der Waals surface area (Å²) in [5.41, 5.74) is 1.73. The van der Waals surface area contributed by atoms with Gasteiger partial charge in [0, 0.05) is 25.5 Å². The average molecular weight is 291 g/mol. The third kappa shape index (κ3) is 3.09. The van der Waals surface area contributed by atoms with Gasteiger partial charge in [-0.2, -0.15) is 0 Å². The first-order valence-corrected chi connectivity index (χ1v) is 7.47. The van der Waals surface area contributed by atoms with Gasteiger partial charge >= 0.3 is 0 Å². The molecular weight excluding hydrogens is 270 g/mol. The zero-order valence-corrected chi connectivity index (χ0v) is 12.7. The minimum atomic E-state index is -0.498. The first-order chi connectivity index (χ1) is 10.0. The topological polar surface area (TPSA) is 67.9 Å². The monoisotopic (exact) mass is 291 g/mol. The van der Waals surface area contributed by atoms with Crippen LogP contribution in [0.25, 0.3) is 0 Å². The van der Waals surface area contributed by atoms with E-state index in [1.54, 1.807) is 11.9 Å². The Bertz CT molecular complexity index is 560. The van der Waals surface area contributed by atoms with Crippen molar-refractivity contribution in [3.05, 3.63) is 17.5 Å². The van der Waals surface area contributed by atoms with Gasteiger partial charge in [0.25, 0.3) is 5.91 Å². The maximum absolute atomic E-state index is 12.3. The van der Waals surface area contributed by atoms with Crippen LogP contribution >= 0.6 is 0 Å². The lowest BCUT2D eigenvalue weighted by atomic mass is 10.0. The predicted octanol–water partition coefficient (Wildman–Crippen LogP) is 2.31. The molecule has 0 radical (unpaired) electrons. The van der Waals surface area contributed by atoms with Gasteiger partial charge in [0.2, 0.25) is 6.10 Å². The number of hydrogen-bond acceptors (Lipinski definition) is 5. The lowest BCUT2D eigenvalue weighted by molar-refractivity contribution is -0.141. The second kappa shape index (κ2) is 5.50. The Labute approximate surface area is 124 Å². The quantitative estimate of drug-likeness (QED) is 0.835. The molecular formula is C15H21N3O3. The molecule has 0 unspecified atom stereocenters. The van der Waals surface area contributed by atoms with Crippen molar-refractivity contribution < 1.29 is 14.2 Å². The van der Waals surface area contributed by atoms with Crippen molar-refractivity contribution in [1.29, 1.82) is 0 Å². The molecule has 0 bridgehead atoms. The lowest BCUT2D eigenvalue weighted by Gasteiger charge is -2.18. The molecule has 114 valence electrons. The summed E-state index contributed by atoms with van der Waals surface area (Å²) in [6, 6.07) is 1.95. The number of amides is 1. The van der Waals surface area contributed by atoms with E-state index in [2.05, 4.69) is 10.3 Å². The molecule has 2 aliphatic rings. The summed E-state index contributed by atoms with van der Waals surface area (Å²) in [7, 11) is 1.75. The Kier molecular flexibility index (Phi) is 3.69. The molecule has 1 aromatic rings. The smallest absolute Gasteiger partial charge is 0.266 e. The van der Waals surface area contributed by atoms with E-state index >= 15 is 0 Å². The molecule has 1 atom stereocenters. The molecule has 1 amide bonds. The van der Waals surface area contributed by atoms with E-state index in [-0.39, 0.29) is 5.91 Å². The van der Waals surface area contributed by atoms with Crippen LogP contribution in [-0.4, -0.2) is 34.8 Å². The van der Waals surface area contributed by atoms with Gasteiger partial charge in [-0.25, -0.2) is 0 Å². The largest absolute Gasteiger partial charge is 0.382 e. The molecule has 1 aliphatic carbocycles. The fraction of sp³-hybridized carbons (Fsp3) is 0.667. The first-order valence-electron chi connectivity index (χ1n) is 7.47. The van der Waals surface area contributed by atoms with Crippen LogP contribution in [0.5, 0.6) is 0 Å². The molecule has 1 saturated carbocycles. The van der Waals surface area contributed by atoms with Crippen molar-refractivity contribution in [2.24, 2.45) is 11.1 Å². The standard InChI is InChI=1S/C15H21N3O3/c1-9(2)12-7-14(21-17-12)15(19)18(3)8-11-6-13(20-16-11)10-4-5-10/h6,9-10,14H,4-5,7-8H2,1-3H3/t14-/m1/s1. The van der Waals surface area contributed by atoms with Crippen LogP contribution in [0.4, 0.5) is 0 Å². The van der Waals surface area contributed by atoms with Gasteiger partial charge in [-0.3, -0.25) is 4.79 Å². The fourth-order valence-electron chi connectivity index (χ4n) is 2.40. The van der Waals surface area contributed by atoms with Gasteiger partial charge in [0.15, 0.2) is 0 Å². The van der Waals surface area contributed by atoms with Crippen LogP contribution in [0.15, 0.2) is 15.7 Å². The molecule has 6 nitrogen and oxygen atoms in total. The van der Waals surface area contributed by atoms with E-state index in [0.717, 1.165) is 17.2 Å². The number of rotatable bonds is 5. The molecule has 0 spiro atoms. The lowest BCUT2D eigenvalue weighted by Crippen LogP contribution is -2.36. The summed E-state index contributed by atoms with van der Waals surface area (Å²) in [5, 5.41) is 8.03. The fourth-order valence-corrected chi connectivity index (χ4v) is 2.40. The molecule has 0 saturated heterocycles. The molecule has 6 heteroatoms. The first kappa shape index (κ1) is 14.1. The van der Waals surface area contributed by atoms with Gasteiger partial charge in [-0.1, -0.05) is 24.2 Å². The van der Waals surface area contributed by atoms with Crippen LogP contribution in [-0.2, 0) is 16.2 Å². The molecule has 2 heterocycles. The maximum Gasteiger partial charge on any atom is 0.266 e. The highest BCUT2D eigenvalue weighted by atomic mass is 16.6. The van der Waals surface area contributed by atoms with E-state index in [0.29, 0.717) is 24.8 Å².